The topological polar surface area (TPSA) is 26.3 Å². The molecule has 0 radical (unpaired) electrons. The van der Waals surface area contributed by atoms with Crippen LogP contribution in [0.2, 0.25) is 0 Å². The Morgan fingerprint density at radius 1 is 1.09 bits per heavy atom. The zero-order valence-electron chi connectivity index (χ0n) is 14.4. The van der Waals surface area contributed by atoms with Crippen LogP contribution < -0.4 is 0 Å². The summed E-state index contributed by atoms with van der Waals surface area (Å²) in [6, 6.07) is 8.28. The maximum Gasteiger partial charge on any atom is 0.310 e. The van der Waals surface area contributed by atoms with Gasteiger partial charge in [-0.25, -0.2) is 0 Å². The number of esters is 1. The van der Waals surface area contributed by atoms with E-state index in [0.29, 0.717) is 11.8 Å². The molecule has 0 N–H and O–H groups in total. The fourth-order valence-electron chi connectivity index (χ4n) is 4.55. The Hall–Kier alpha value is -1.31. The minimum Gasteiger partial charge on any atom is -0.455 e. The number of rotatable bonds is 3. The zero-order valence-corrected chi connectivity index (χ0v) is 14.4. The summed E-state index contributed by atoms with van der Waals surface area (Å²) in [5.41, 5.74) is 1.74. The van der Waals surface area contributed by atoms with Crippen LogP contribution in [0.5, 0.6) is 0 Å². The van der Waals surface area contributed by atoms with Crippen molar-refractivity contribution in [2.75, 3.05) is 0 Å². The Morgan fingerprint density at radius 2 is 1.73 bits per heavy atom. The number of ether oxygens (including phenoxy) is 1. The Balaban J connectivity index is 1.70. The first-order chi connectivity index (χ1) is 10.3. The Bertz CT molecular complexity index is 556. The quantitative estimate of drug-likeness (QED) is 0.756. The van der Waals surface area contributed by atoms with Gasteiger partial charge in [0.15, 0.2) is 0 Å². The highest BCUT2D eigenvalue weighted by atomic mass is 16.6. The standard InChI is InChI=1S/C20H28O2/c1-12-6-8-16(9-7-12)20(4,5)22-19(21)18-11-15-10-17(18)14(3)13(15)2/h6-9,13-15,17-18H,10-11H2,1-5H3. The summed E-state index contributed by atoms with van der Waals surface area (Å²) in [4.78, 5) is 12.7. The van der Waals surface area contributed by atoms with Gasteiger partial charge in [0.1, 0.15) is 5.60 Å². The molecule has 5 unspecified atom stereocenters. The summed E-state index contributed by atoms with van der Waals surface area (Å²) in [5, 5.41) is 0. The Morgan fingerprint density at radius 3 is 2.27 bits per heavy atom. The minimum atomic E-state index is -0.554. The molecule has 1 aromatic carbocycles. The summed E-state index contributed by atoms with van der Waals surface area (Å²) in [7, 11) is 0. The van der Waals surface area contributed by atoms with Crippen molar-refractivity contribution in [2.45, 2.75) is 53.1 Å². The predicted octanol–water partition coefficient (Wildman–Crippen LogP) is 4.70. The first-order valence-corrected chi connectivity index (χ1v) is 8.59. The van der Waals surface area contributed by atoms with Gasteiger partial charge in [-0.1, -0.05) is 43.7 Å². The molecular weight excluding hydrogens is 272 g/mol. The molecular formula is C20H28O2. The van der Waals surface area contributed by atoms with Crippen molar-refractivity contribution < 1.29 is 9.53 Å². The first kappa shape index (κ1) is 15.6. The number of hydrogen-bond donors (Lipinski definition) is 0. The van der Waals surface area contributed by atoms with Gasteiger partial charge in [0.25, 0.3) is 0 Å². The third-order valence-electron chi connectivity index (χ3n) is 6.30. The molecule has 0 saturated heterocycles. The average Bonchev–Trinajstić information content (AvgIpc) is 3.00. The number of aryl methyl sites for hydroxylation is 1. The van der Waals surface area contributed by atoms with E-state index in [0.717, 1.165) is 23.8 Å². The number of carbonyl (C=O) groups excluding carboxylic acids is 1. The molecule has 2 fully saturated rings. The van der Waals surface area contributed by atoms with E-state index in [1.165, 1.54) is 12.0 Å². The lowest BCUT2D eigenvalue weighted by Gasteiger charge is -2.33. The molecule has 2 nitrogen and oxygen atoms in total. The van der Waals surface area contributed by atoms with Gasteiger partial charge < -0.3 is 4.74 Å². The molecule has 0 spiro atoms. The van der Waals surface area contributed by atoms with Gasteiger partial charge in [-0.2, -0.15) is 0 Å². The van der Waals surface area contributed by atoms with E-state index in [2.05, 4.69) is 45.0 Å². The fraction of sp³-hybridized carbons (Fsp3) is 0.650. The van der Waals surface area contributed by atoms with Gasteiger partial charge in [-0.05, 0) is 62.8 Å². The van der Waals surface area contributed by atoms with Crippen molar-refractivity contribution in [3.8, 4) is 0 Å². The third kappa shape index (κ3) is 2.57. The molecule has 0 aliphatic heterocycles. The second kappa shape index (κ2) is 5.40. The highest BCUT2D eigenvalue weighted by Gasteiger charge is 2.52. The zero-order chi connectivity index (χ0) is 16.1. The maximum absolute atomic E-state index is 12.7. The number of carbonyl (C=O) groups is 1. The molecule has 120 valence electrons. The largest absolute Gasteiger partial charge is 0.455 e. The maximum atomic E-state index is 12.7. The van der Waals surface area contributed by atoms with Crippen molar-refractivity contribution in [1.29, 1.82) is 0 Å². The molecule has 0 amide bonds. The normalized spacial score (nSPS) is 34.0. The summed E-state index contributed by atoms with van der Waals surface area (Å²) in [6.07, 6.45) is 2.24. The summed E-state index contributed by atoms with van der Waals surface area (Å²) < 4.78 is 5.94. The van der Waals surface area contributed by atoms with E-state index in [9.17, 15) is 4.79 Å². The molecule has 22 heavy (non-hydrogen) atoms. The lowest BCUT2D eigenvalue weighted by atomic mass is 9.76. The van der Waals surface area contributed by atoms with Crippen LogP contribution in [-0.4, -0.2) is 5.97 Å². The molecule has 1 aromatic rings. The van der Waals surface area contributed by atoms with Crippen LogP contribution >= 0.6 is 0 Å². The van der Waals surface area contributed by atoms with Crippen LogP contribution in [0.25, 0.3) is 0 Å². The van der Waals surface area contributed by atoms with Crippen LogP contribution in [0.3, 0.4) is 0 Å². The predicted molar refractivity (Wildman–Crippen MR) is 88.3 cm³/mol. The van der Waals surface area contributed by atoms with Gasteiger partial charge >= 0.3 is 5.97 Å². The molecule has 3 rings (SSSR count). The molecule has 0 heterocycles. The van der Waals surface area contributed by atoms with E-state index < -0.39 is 5.60 Å². The highest BCUT2D eigenvalue weighted by Crippen LogP contribution is 2.55. The number of hydrogen-bond acceptors (Lipinski definition) is 2. The number of benzene rings is 1. The Kier molecular flexibility index (Phi) is 3.82. The van der Waals surface area contributed by atoms with Crippen molar-refractivity contribution in [2.24, 2.45) is 29.6 Å². The smallest absolute Gasteiger partial charge is 0.310 e. The monoisotopic (exact) mass is 300 g/mol. The second-order valence-corrected chi connectivity index (χ2v) is 8.02. The van der Waals surface area contributed by atoms with Crippen molar-refractivity contribution >= 4 is 5.97 Å². The number of fused-ring (bicyclic) bond motifs is 2. The molecule has 2 heteroatoms. The molecule has 5 atom stereocenters. The molecule has 2 bridgehead atoms. The van der Waals surface area contributed by atoms with Crippen molar-refractivity contribution in [1.82, 2.24) is 0 Å². The van der Waals surface area contributed by atoms with Crippen LogP contribution in [0, 0.1) is 36.5 Å². The Labute approximate surface area is 134 Å². The van der Waals surface area contributed by atoms with E-state index >= 15 is 0 Å². The molecule has 0 aromatic heterocycles. The molecule has 2 saturated carbocycles. The lowest BCUT2D eigenvalue weighted by molar-refractivity contribution is -0.165. The summed E-state index contributed by atoms with van der Waals surface area (Å²) in [6.45, 7) is 10.7. The first-order valence-electron chi connectivity index (χ1n) is 8.59. The van der Waals surface area contributed by atoms with Gasteiger partial charge in [0.2, 0.25) is 0 Å². The van der Waals surface area contributed by atoms with Gasteiger partial charge in [0.05, 0.1) is 5.92 Å². The summed E-state index contributed by atoms with van der Waals surface area (Å²) >= 11 is 0. The van der Waals surface area contributed by atoms with Gasteiger partial charge in [-0.3, -0.25) is 4.79 Å². The average molecular weight is 300 g/mol. The fourth-order valence-corrected chi connectivity index (χ4v) is 4.55. The van der Waals surface area contributed by atoms with Crippen LogP contribution in [0.4, 0.5) is 0 Å². The van der Waals surface area contributed by atoms with Crippen molar-refractivity contribution in [3.05, 3.63) is 35.4 Å². The SMILES string of the molecule is Cc1ccc(C(C)(C)OC(=O)C2CC3CC2C(C)C3C)cc1. The van der Waals surface area contributed by atoms with E-state index in [4.69, 9.17) is 4.74 Å². The highest BCUT2D eigenvalue weighted by molar-refractivity contribution is 5.74. The van der Waals surface area contributed by atoms with Crippen LogP contribution in [-0.2, 0) is 15.1 Å². The van der Waals surface area contributed by atoms with Crippen LogP contribution in [0.1, 0.15) is 51.7 Å². The summed E-state index contributed by atoms with van der Waals surface area (Å²) in [5.74, 6) is 2.79. The molecule has 2 aliphatic rings. The van der Waals surface area contributed by atoms with E-state index in [-0.39, 0.29) is 11.9 Å². The van der Waals surface area contributed by atoms with Crippen molar-refractivity contribution in [3.63, 3.8) is 0 Å². The lowest BCUT2D eigenvalue weighted by Crippen LogP contribution is -2.35. The minimum absolute atomic E-state index is 0.0109. The van der Waals surface area contributed by atoms with Gasteiger partial charge in [-0.15, -0.1) is 0 Å². The van der Waals surface area contributed by atoms with Crippen LogP contribution in [0.15, 0.2) is 24.3 Å². The second-order valence-electron chi connectivity index (χ2n) is 8.02. The van der Waals surface area contributed by atoms with E-state index in [1.54, 1.807) is 0 Å². The van der Waals surface area contributed by atoms with Gasteiger partial charge in [0, 0.05) is 0 Å². The third-order valence-corrected chi connectivity index (χ3v) is 6.30. The molecule has 2 aliphatic carbocycles. The van der Waals surface area contributed by atoms with E-state index in [1.807, 2.05) is 13.8 Å².